The molecule has 5 nitrogen and oxygen atoms in total. The van der Waals surface area contributed by atoms with Gasteiger partial charge in [0.05, 0.1) is 24.2 Å². The van der Waals surface area contributed by atoms with Crippen LogP contribution in [0.1, 0.15) is 21.7 Å². The zero-order valence-electron chi connectivity index (χ0n) is 13.2. The Bertz CT molecular complexity index is 846. The Hall–Kier alpha value is -3.05. The van der Waals surface area contributed by atoms with Crippen LogP contribution in [0, 0.1) is 6.92 Å². The lowest BCUT2D eigenvalue weighted by Crippen LogP contribution is -2.16. The van der Waals surface area contributed by atoms with Crippen LogP contribution in [0.3, 0.4) is 0 Å². The standard InChI is InChI=1S/C19H17N3O2/c1-13-18(19(24)21-16-5-3-2-4-6-16)22-17(11-20-13)15-9-7-14(12-23)8-10-15/h2-11,23H,12H2,1H3,(H,21,24). The predicted molar refractivity (Wildman–Crippen MR) is 92.5 cm³/mol. The molecule has 1 amide bonds. The van der Waals surface area contributed by atoms with Gasteiger partial charge in [-0.2, -0.15) is 0 Å². The summed E-state index contributed by atoms with van der Waals surface area (Å²) in [5, 5.41) is 11.9. The first kappa shape index (κ1) is 15.8. The van der Waals surface area contributed by atoms with Crippen LogP contribution in [0.5, 0.6) is 0 Å². The largest absolute Gasteiger partial charge is 0.392 e. The average molecular weight is 319 g/mol. The monoisotopic (exact) mass is 319 g/mol. The molecule has 1 aromatic heterocycles. The minimum atomic E-state index is -0.292. The lowest BCUT2D eigenvalue weighted by atomic mass is 10.1. The number of aromatic nitrogens is 2. The van der Waals surface area contributed by atoms with Gasteiger partial charge < -0.3 is 10.4 Å². The van der Waals surface area contributed by atoms with E-state index < -0.39 is 0 Å². The highest BCUT2D eigenvalue weighted by Crippen LogP contribution is 2.19. The number of carbonyl (C=O) groups excluding carboxylic acids is 1. The topological polar surface area (TPSA) is 75.1 Å². The highest BCUT2D eigenvalue weighted by Gasteiger charge is 2.14. The van der Waals surface area contributed by atoms with Gasteiger partial charge in [-0.15, -0.1) is 0 Å². The van der Waals surface area contributed by atoms with E-state index in [1.807, 2.05) is 54.6 Å². The third-order valence-corrected chi connectivity index (χ3v) is 3.63. The van der Waals surface area contributed by atoms with Gasteiger partial charge in [0.1, 0.15) is 5.69 Å². The number of para-hydroxylation sites is 1. The first-order chi connectivity index (χ1) is 11.7. The Morgan fingerprint density at radius 2 is 1.79 bits per heavy atom. The number of nitrogens with one attached hydrogen (secondary N) is 1. The Balaban J connectivity index is 1.89. The number of benzene rings is 2. The number of carbonyl (C=O) groups is 1. The SMILES string of the molecule is Cc1ncc(-c2ccc(CO)cc2)nc1C(=O)Nc1ccccc1. The Labute approximate surface area is 140 Å². The smallest absolute Gasteiger partial charge is 0.276 e. The van der Waals surface area contributed by atoms with Gasteiger partial charge >= 0.3 is 0 Å². The van der Waals surface area contributed by atoms with Gasteiger partial charge in [-0.25, -0.2) is 4.98 Å². The van der Waals surface area contributed by atoms with E-state index in [1.54, 1.807) is 13.1 Å². The molecular weight excluding hydrogens is 302 g/mol. The number of nitrogens with zero attached hydrogens (tertiary/aromatic N) is 2. The first-order valence-corrected chi connectivity index (χ1v) is 7.57. The molecule has 24 heavy (non-hydrogen) atoms. The quantitative estimate of drug-likeness (QED) is 0.774. The second kappa shape index (κ2) is 7.02. The summed E-state index contributed by atoms with van der Waals surface area (Å²) in [5.41, 5.74) is 3.85. The summed E-state index contributed by atoms with van der Waals surface area (Å²) in [7, 11) is 0. The van der Waals surface area contributed by atoms with Gasteiger partial charge in [0.15, 0.2) is 0 Å². The molecule has 0 saturated carbocycles. The highest BCUT2D eigenvalue weighted by atomic mass is 16.3. The zero-order chi connectivity index (χ0) is 16.9. The molecule has 2 aromatic carbocycles. The molecule has 3 rings (SSSR count). The van der Waals surface area contributed by atoms with Gasteiger partial charge in [-0.3, -0.25) is 9.78 Å². The third-order valence-electron chi connectivity index (χ3n) is 3.63. The summed E-state index contributed by atoms with van der Waals surface area (Å²) >= 11 is 0. The minimum absolute atomic E-state index is 0.00934. The molecule has 120 valence electrons. The number of rotatable bonds is 4. The van der Waals surface area contributed by atoms with Crippen LogP contribution in [0.4, 0.5) is 5.69 Å². The molecule has 0 unspecified atom stereocenters. The Morgan fingerprint density at radius 1 is 1.08 bits per heavy atom. The average Bonchev–Trinajstić information content (AvgIpc) is 2.63. The predicted octanol–water partition coefficient (Wildman–Crippen LogP) is 3.20. The van der Waals surface area contributed by atoms with Crippen molar-refractivity contribution in [2.45, 2.75) is 13.5 Å². The Kier molecular flexibility index (Phi) is 4.63. The number of hydrogen-bond donors (Lipinski definition) is 2. The van der Waals surface area contributed by atoms with Crippen molar-refractivity contribution in [3.63, 3.8) is 0 Å². The van der Waals surface area contributed by atoms with E-state index >= 15 is 0 Å². The van der Waals surface area contributed by atoms with Crippen molar-refractivity contribution in [2.75, 3.05) is 5.32 Å². The van der Waals surface area contributed by atoms with Crippen molar-refractivity contribution < 1.29 is 9.90 Å². The lowest BCUT2D eigenvalue weighted by molar-refractivity contribution is 0.102. The van der Waals surface area contributed by atoms with Crippen LogP contribution in [-0.2, 0) is 6.61 Å². The fourth-order valence-electron chi connectivity index (χ4n) is 2.30. The molecule has 5 heteroatoms. The van der Waals surface area contributed by atoms with Crippen molar-refractivity contribution in [2.24, 2.45) is 0 Å². The van der Waals surface area contributed by atoms with E-state index in [0.29, 0.717) is 22.8 Å². The van der Waals surface area contributed by atoms with E-state index in [1.165, 1.54) is 0 Å². The number of aliphatic hydroxyl groups excluding tert-OH is 1. The molecule has 0 radical (unpaired) electrons. The summed E-state index contributed by atoms with van der Waals surface area (Å²) in [4.78, 5) is 21.2. The van der Waals surface area contributed by atoms with Crippen molar-refractivity contribution in [1.82, 2.24) is 9.97 Å². The summed E-state index contributed by atoms with van der Waals surface area (Å²) in [5.74, 6) is -0.292. The van der Waals surface area contributed by atoms with Crippen LogP contribution < -0.4 is 5.32 Å². The molecule has 2 N–H and O–H groups in total. The zero-order valence-corrected chi connectivity index (χ0v) is 13.2. The van der Waals surface area contributed by atoms with Crippen molar-refractivity contribution >= 4 is 11.6 Å². The molecule has 0 fully saturated rings. The van der Waals surface area contributed by atoms with Gasteiger partial charge in [-0.05, 0) is 24.6 Å². The van der Waals surface area contributed by atoms with Gasteiger partial charge in [-0.1, -0.05) is 42.5 Å². The molecule has 0 aliphatic heterocycles. The fourth-order valence-corrected chi connectivity index (χ4v) is 2.30. The van der Waals surface area contributed by atoms with Crippen molar-refractivity contribution in [3.8, 4) is 11.3 Å². The molecular formula is C19H17N3O2. The molecule has 0 spiro atoms. The molecule has 0 atom stereocenters. The number of hydrogen-bond acceptors (Lipinski definition) is 4. The molecule has 3 aromatic rings. The normalized spacial score (nSPS) is 10.4. The van der Waals surface area contributed by atoms with Crippen LogP contribution in [-0.4, -0.2) is 21.0 Å². The lowest BCUT2D eigenvalue weighted by Gasteiger charge is -2.09. The van der Waals surface area contributed by atoms with E-state index in [0.717, 1.165) is 11.1 Å². The summed E-state index contributed by atoms with van der Waals surface area (Å²) in [6.45, 7) is 1.75. The summed E-state index contributed by atoms with van der Waals surface area (Å²) in [6, 6.07) is 16.6. The van der Waals surface area contributed by atoms with E-state index in [4.69, 9.17) is 5.11 Å². The second-order valence-electron chi connectivity index (χ2n) is 5.36. The third kappa shape index (κ3) is 3.47. The van der Waals surface area contributed by atoms with E-state index in [-0.39, 0.29) is 12.5 Å². The minimum Gasteiger partial charge on any atom is -0.392 e. The maximum atomic E-state index is 12.5. The van der Waals surface area contributed by atoms with E-state index in [2.05, 4.69) is 15.3 Å². The summed E-state index contributed by atoms with van der Waals surface area (Å²) in [6.07, 6.45) is 1.64. The van der Waals surface area contributed by atoms with Gasteiger partial charge in [0.25, 0.3) is 5.91 Å². The maximum absolute atomic E-state index is 12.5. The molecule has 0 saturated heterocycles. The van der Waals surface area contributed by atoms with Crippen molar-refractivity contribution in [3.05, 3.63) is 77.7 Å². The van der Waals surface area contributed by atoms with Crippen LogP contribution in [0.25, 0.3) is 11.3 Å². The number of amides is 1. The molecule has 0 aliphatic carbocycles. The molecule has 1 heterocycles. The number of aryl methyl sites for hydroxylation is 1. The number of anilines is 1. The first-order valence-electron chi connectivity index (χ1n) is 7.57. The van der Waals surface area contributed by atoms with E-state index in [9.17, 15) is 4.79 Å². The Morgan fingerprint density at radius 3 is 2.46 bits per heavy atom. The second-order valence-corrected chi connectivity index (χ2v) is 5.36. The highest BCUT2D eigenvalue weighted by molar-refractivity contribution is 6.03. The van der Waals surface area contributed by atoms with Crippen LogP contribution >= 0.6 is 0 Å². The summed E-state index contributed by atoms with van der Waals surface area (Å²) < 4.78 is 0. The van der Waals surface area contributed by atoms with Crippen LogP contribution in [0.2, 0.25) is 0 Å². The fraction of sp³-hybridized carbons (Fsp3) is 0.105. The van der Waals surface area contributed by atoms with Gasteiger partial charge in [0.2, 0.25) is 0 Å². The molecule has 0 aliphatic rings. The number of aliphatic hydroxyl groups is 1. The maximum Gasteiger partial charge on any atom is 0.276 e. The van der Waals surface area contributed by atoms with Gasteiger partial charge in [0, 0.05) is 11.3 Å². The van der Waals surface area contributed by atoms with Crippen LogP contribution in [0.15, 0.2) is 60.8 Å². The van der Waals surface area contributed by atoms with Crippen molar-refractivity contribution in [1.29, 1.82) is 0 Å². The molecule has 0 bridgehead atoms.